The first kappa shape index (κ1) is 19.1. The first-order chi connectivity index (χ1) is 15.1. The lowest BCUT2D eigenvalue weighted by molar-refractivity contribution is -0.115. The Labute approximate surface area is 181 Å². The maximum absolute atomic E-state index is 12.6. The molecule has 0 fully saturated rings. The lowest BCUT2D eigenvalue weighted by Crippen LogP contribution is -2.14. The molecule has 0 saturated heterocycles. The van der Waals surface area contributed by atoms with Crippen LogP contribution in [0.25, 0.3) is 32.9 Å². The standard InChI is InChI=1S/C27H23N3O/c1-18-15-21(13-14-28-18)20-9-7-19(8-10-20)16-27(31)29-22-11-12-24-23-5-3-4-6-25(23)30(2)26(24)17-22/h3-15,17H,16H2,1-2H3,(H,29,31). The van der Waals surface area contributed by atoms with E-state index in [1.54, 1.807) is 0 Å². The lowest BCUT2D eigenvalue weighted by Gasteiger charge is -2.08. The highest BCUT2D eigenvalue weighted by molar-refractivity contribution is 6.09. The quantitative estimate of drug-likeness (QED) is 0.406. The monoisotopic (exact) mass is 405 g/mol. The van der Waals surface area contributed by atoms with Gasteiger partial charge in [0.1, 0.15) is 0 Å². The maximum Gasteiger partial charge on any atom is 0.228 e. The third kappa shape index (κ3) is 3.68. The molecule has 0 aliphatic carbocycles. The number of hydrogen-bond acceptors (Lipinski definition) is 2. The van der Waals surface area contributed by atoms with Crippen LogP contribution in [0.5, 0.6) is 0 Å². The lowest BCUT2D eigenvalue weighted by atomic mass is 10.0. The van der Waals surface area contributed by atoms with Crippen molar-refractivity contribution in [3.8, 4) is 11.1 Å². The van der Waals surface area contributed by atoms with Crippen LogP contribution in [0.15, 0.2) is 85.1 Å². The van der Waals surface area contributed by atoms with Gasteiger partial charge in [0.25, 0.3) is 0 Å². The van der Waals surface area contributed by atoms with Gasteiger partial charge in [0.15, 0.2) is 0 Å². The summed E-state index contributed by atoms with van der Waals surface area (Å²) in [5, 5.41) is 5.46. The fourth-order valence-corrected chi connectivity index (χ4v) is 4.17. The Bertz CT molecular complexity index is 1410. The van der Waals surface area contributed by atoms with Gasteiger partial charge >= 0.3 is 0 Å². The summed E-state index contributed by atoms with van der Waals surface area (Å²) in [6.07, 6.45) is 2.15. The molecule has 0 aliphatic heterocycles. The molecule has 0 atom stereocenters. The van der Waals surface area contributed by atoms with Crippen LogP contribution in [0.1, 0.15) is 11.3 Å². The highest BCUT2D eigenvalue weighted by Gasteiger charge is 2.10. The molecule has 2 aromatic heterocycles. The number of nitrogens with zero attached hydrogens (tertiary/aromatic N) is 2. The van der Waals surface area contributed by atoms with E-state index in [1.807, 2.05) is 49.5 Å². The minimum atomic E-state index is -0.0226. The van der Waals surface area contributed by atoms with Gasteiger partial charge < -0.3 is 9.88 Å². The number of nitrogens with one attached hydrogen (secondary N) is 1. The number of pyridine rings is 1. The van der Waals surface area contributed by atoms with Crippen LogP contribution in [-0.4, -0.2) is 15.5 Å². The highest BCUT2D eigenvalue weighted by Crippen LogP contribution is 2.30. The number of anilines is 1. The molecule has 0 radical (unpaired) electrons. The van der Waals surface area contributed by atoms with Crippen molar-refractivity contribution in [3.63, 3.8) is 0 Å². The van der Waals surface area contributed by atoms with E-state index in [2.05, 4.69) is 64.4 Å². The van der Waals surface area contributed by atoms with Crippen molar-refractivity contribution in [3.05, 3.63) is 96.3 Å². The summed E-state index contributed by atoms with van der Waals surface area (Å²) in [5.41, 5.74) is 7.33. The molecule has 0 aliphatic rings. The van der Waals surface area contributed by atoms with E-state index in [0.717, 1.165) is 33.6 Å². The number of fused-ring (bicyclic) bond motifs is 3. The Morgan fingerprint density at radius 1 is 0.871 bits per heavy atom. The minimum Gasteiger partial charge on any atom is -0.344 e. The predicted molar refractivity (Wildman–Crippen MR) is 127 cm³/mol. The molecule has 0 spiro atoms. The van der Waals surface area contributed by atoms with Crippen LogP contribution in [-0.2, 0) is 18.3 Å². The summed E-state index contributed by atoms with van der Waals surface area (Å²) in [6, 6.07) is 26.6. The van der Waals surface area contributed by atoms with Crippen molar-refractivity contribution >= 4 is 33.4 Å². The molecule has 2 heterocycles. The van der Waals surface area contributed by atoms with Gasteiger partial charge in [-0.3, -0.25) is 9.78 Å². The molecule has 3 aromatic carbocycles. The molecular weight excluding hydrogens is 382 g/mol. The molecule has 4 heteroatoms. The van der Waals surface area contributed by atoms with Crippen LogP contribution in [0.2, 0.25) is 0 Å². The predicted octanol–water partition coefficient (Wildman–Crippen LogP) is 5.88. The number of para-hydroxylation sites is 1. The molecule has 31 heavy (non-hydrogen) atoms. The van der Waals surface area contributed by atoms with E-state index in [4.69, 9.17) is 0 Å². The van der Waals surface area contributed by atoms with Gasteiger partial charge in [0.2, 0.25) is 5.91 Å². The zero-order chi connectivity index (χ0) is 21.4. The van der Waals surface area contributed by atoms with Crippen LogP contribution in [0.3, 0.4) is 0 Å². The van der Waals surface area contributed by atoms with Crippen molar-refractivity contribution in [2.45, 2.75) is 13.3 Å². The second-order valence-corrected chi connectivity index (χ2v) is 7.92. The van der Waals surface area contributed by atoms with E-state index in [-0.39, 0.29) is 5.91 Å². The van der Waals surface area contributed by atoms with Crippen molar-refractivity contribution < 1.29 is 4.79 Å². The summed E-state index contributed by atoms with van der Waals surface area (Å²) in [4.78, 5) is 16.9. The number of aromatic nitrogens is 2. The van der Waals surface area contributed by atoms with Crippen LogP contribution in [0.4, 0.5) is 5.69 Å². The van der Waals surface area contributed by atoms with Crippen LogP contribution >= 0.6 is 0 Å². The molecule has 0 bridgehead atoms. The van der Waals surface area contributed by atoms with Gasteiger partial charge in [-0.25, -0.2) is 0 Å². The zero-order valence-electron chi connectivity index (χ0n) is 17.6. The van der Waals surface area contributed by atoms with E-state index in [1.165, 1.54) is 16.3 Å². The number of hydrogen-bond donors (Lipinski definition) is 1. The molecule has 5 rings (SSSR count). The average Bonchev–Trinajstić information content (AvgIpc) is 3.06. The summed E-state index contributed by atoms with van der Waals surface area (Å²) in [7, 11) is 2.06. The Morgan fingerprint density at radius 3 is 2.45 bits per heavy atom. The summed E-state index contributed by atoms with van der Waals surface area (Å²) >= 11 is 0. The van der Waals surface area contributed by atoms with E-state index in [9.17, 15) is 4.79 Å². The molecule has 4 nitrogen and oxygen atoms in total. The van der Waals surface area contributed by atoms with Crippen molar-refractivity contribution in [1.82, 2.24) is 9.55 Å². The number of amides is 1. The second-order valence-electron chi connectivity index (χ2n) is 7.92. The van der Waals surface area contributed by atoms with Gasteiger partial charge in [-0.2, -0.15) is 0 Å². The van der Waals surface area contributed by atoms with Crippen LogP contribution in [0, 0.1) is 6.92 Å². The molecular formula is C27H23N3O. The Kier molecular flexibility index (Phi) is 4.75. The van der Waals surface area contributed by atoms with Gasteiger partial charge in [-0.15, -0.1) is 0 Å². The topological polar surface area (TPSA) is 46.9 Å². The number of benzene rings is 3. The van der Waals surface area contributed by atoms with Gasteiger partial charge in [-0.1, -0.05) is 48.5 Å². The Morgan fingerprint density at radius 2 is 1.65 bits per heavy atom. The summed E-state index contributed by atoms with van der Waals surface area (Å²) in [5.74, 6) is -0.0226. The first-order valence-corrected chi connectivity index (χ1v) is 10.4. The average molecular weight is 406 g/mol. The number of aryl methyl sites for hydroxylation is 2. The van der Waals surface area contributed by atoms with Gasteiger partial charge in [-0.05, 0) is 53.9 Å². The summed E-state index contributed by atoms with van der Waals surface area (Å²) < 4.78 is 2.17. The number of rotatable bonds is 4. The fourth-order valence-electron chi connectivity index (χ4n) is 4.17. The Hall–Kier alpha value is -3.92. The minimum absolute atomic E-state index is 0.0226. The number of carbonyl (C=O) groups excluding carboxylic acids is 1. The molecule has 0 unspecified atom stereocenters. The molecule has 0 saturated carbocycles. The smallest absolute Gasteiger partial charge is 0.228 e. The maximum atomic E-state index is 12.6. The van der Waals surface area contributed by atoms with Crippen LogP contribution < -0.4 is 5.32 Å². The highest BCUT2D eigenvalue weighted by atomic mass is 16.1. The number of carbonyl (C=O) groups is 1. The van der Waals surface area contributed by atoms with E-state index in [0.29, 0.717) is 6.42 Å². The van der Waals surface area contributed by atoms with Crippen molar-refractivity contribution in [2.75, 3.05) is 5.32 Å². The van der Waals surface area contributed by atoms with E-state index < -0.39 is 0 Å². The third-order valence-corrected chi connectivity index (χ3v) is 5.75. The van der Waals surface area contributed by atoms with Gasteiger partial charge in [0, 0.05) is 40.9 Å². The molecule has 5 aromatic rings. The largest absolute Gasteiger partial charge is 0.344 e. The third-order valence-electron chi connectivity index (χ3n) is 5.75. The first-order valence-electron chi connectivity index (χ1n) is 10.4. The normalized spacial score (nSPS) is 11.2. The fraction of sp³-hybridized carbons (Fsp3) is 0.111. The second kappa shape index (κ2) is 7.73. The van der Waals surface area contributed by atoms with Gasteiger partial charge in [0.05, 0.1) is 11.9 Å². The van der Waals surface area contributed by atoms with Crippen molar-refractivity contribution in [1.29, 1.82) is 0 Å². The molecule has 1 amide bonds. The van der Waals surface area contributed by atoms with Crippen molar-refractivity contribution in [2.24, 2.45) is 7.05 Å². The molecule has 152 valence electrons. The SMILES string of the molecule is Cc1cc(-c2ccc(CC(=O)Nc3ccc4c5ccccc5n(C)c4c3)cc2)ccn1. The molecule has 1 N–H and O–H groups in total. The zero-order valence-corrected chi connectivity index (χ0v) is 17.6. The Balaban J connectivity index is 1.33. The van der Waals surface area contributed by atoms with E-state index >= 15 is 0 Å². The summed E-state index contributed by atoms with van der Waals surface area (Å²) in [6.45, 7) is 1.98.